The Labute approximate surface area is 202 Å². The van der Waals surface area contributed by atoms with Gasteiger partial charge in [0.25, 0.3) is 11.7 Å². The molecule has 1 amide bonds. The Bertz CT molecular complexity index is 1050. The van der Waals surface area contributed by atoms with Gasteiger partial charge in [-0.15, -0.1) is 0 Å². The number of hydrogen-bond donors (Lipinski definition) is 1. The Morgan fingerprint density at radius 2 is 1.82 bits per heavy atom. The van der Waals surface area contributed by atoms with Crippen LogP contribution in [0.5, 0.6) is 11.5 Å². The maximum absolute atomic E-state index is 13.1. The second-order valence-electron chi connectivity index (χ2n) is 8.00. The topological polar surface area (TPSA) is 79.3 Å². The minimum atomic E-state index is -0.736. The van der Waals surface area contributed by atoms with E-state index >= 15 is 0 Å². The molecule has 7 nitrogen and oxygen atoms in total. The van der Waals surface area contributed by atoms with Gasteiger partial charge < -0.3 is 24.4 Å². The summed E-state index contributed by atoms with van der Waals surface area (Å²) in [5.41, 5.74) is 1.20. The van der Waals surface area contributed by atoms with Crippen molar-refractivity contribution in [1.29, 1.82) is 0 Å². The van der Waals surface area contributed by atoms with Crippen LogP contribution in [-0.2, 0) is 9.59 Å². The van der Waals surface area contributed by atoms with Crippen LogP contribution in [0.4, 0.5) is 0 Å². The van der Waals surface area contributed by atoms with Gasteiger partial charge in [0.1, 0.15) is 5.76 Å². The van der Waals surface area contributed by atoms with Crippen LogP contribution in [0.2, 0.25) is 0 Å². The molecule has 0 bridgehead atoms. The number of amides is 1. The molecule has 0 aliphatic carbocycles. The van der Waals surface area contributed by atoms with E-state index in [1.54, 1.807) is 42.5 Å². The predicted octanol–water partition coefficient (Wildman–Crippen LogP) is 4.23. The Hall–Kier alpha value is -2.84. The van der Waals surface area contributed by atoms with Crippen molar-refractivity contribution in [2.45, 2.75) is 19.4 Å². The summed E-state index contributed by atoms with van der Waals surface area (Å²) in [6.07, 6.45) is 0.684. The number of aliphatic hydroxyl groups excluding tert-OH is 1. The number of likely N-dealkylation sites (tertiary alicyclic amines) is 1. The van der Waals surface area contributed by atoms with E-state index in [4.69, 9.17) is 9.47 Å². The number of rotatable bonds is 9. The Balaban J connectivity index is 2.12. The number of ether oxygens (including phenoxy) is 2. The number of carbonyl (C=O) groups excluding carboxylic acids is 2. The molecule has 1 N–H and O–H groups in total. The quantitative estimate of drug-likeness (QED) is 0.305. The normalized spacial score (nSPS) is 17.6. The summed E-state index contributed by atoms with van der Waals surface area (Å²) in [6, 6.07) is 11.5. The van der Waals surface area contributed by atoms with Gasteiger partial charge in [0, 0.05) is 16.6 Å². The van der Waals surface area contributed by atoms with Crippen LogP contribution in [0.3, 0.4) is 0 Å². The molecule has 0 spiro atoms. The summed E-state index contributed by atoms with van der Waals surface area (Å²) in [5, 5.41) is 11.1. The first-order valence-corrected chi connectivity index (χ1v) is 11.6. The van der Waals surface area contributed by atoms with Crippen molar-refractivity contribution in [1.82, 2.24) is 9.80 Å². The molecular formula is C25H29BrN2O5. The second kappa shape index (κ2) is 10.9. The molecule has 8 heteroatoms. The highest BCUT2D eigenvalue weighted by Crippen LogP contribution is 2.42. The van der Waals surface area contributed by atoms with Gasteiger partial charge in [0.15, 0.2) is 11.5 Å². The van der Waals surface area contributed by atoms with E-state index in [0.29, 0.717) is 42.2 Å². The van der Waals surface area contributed by atoms with Crippen LogP contribution in [0.25, 0.3) is 5.76 Å². The highest BCUT2D eigenvalue weighted by molar-refractivity contribution is 9.10. The standard InChI is InChI=1S/C25H29BrN2O5/c1-5-33-19-12-9-17(15-20(19)32-4)22-21(23(29)16-7-10-18(26)11-8-16)24(30)25(31)28(22)14-6-13-27(2)3/h7-12,15,22,29H,5-6,13-14H2,1-4H3/b23-21+/t22-/m0/s1. The lowest BCUT2D eigenvalue weighted by Crippen LogP contribution is -2.32. The van der Waals surface area contributed by atoms with Crippen LogP contribution in [0.1, 0.15) is 30.5 Å². The molecule has 1 saturated heterocycles. The Morgan fingerprint density at radius 1 is 1.12 bits per heavy atom. The molecule has 0 unspecified atom stereocenters. The summed E-state index contributed by atoms with van der Waals surface area (Å²) in [6.45, 7) is 3.49. The van der Waals surface area contributed by atoms with Crippen LogP contribution in [0, 0.1) is 0 Å². The van der Waals surface area contributed by atoms with Crippen molar-refractivity contribution < 1.29 is 24.2 Å². The maximum atomic E-state index is 13.1. The molecule has 0 radical (unpaired) electrons. The van der Waals surface area contributed by atoms with E-state index in [0.717, 1.165) is 11.0 Å². The van der Waals surface area contributed by atoms with Crippen molar-refractivity contribution in [3.05, 3.63) is 63.6 Å². The molecule has 1 atom stereocenters. The fourth-order valence-corrected chi connectivity index (χ4v) is 4.17. The molecule has 3 rings (SSSR count). The highest BCUT2D eigenvalue weighted by Gasteiger charge is 2.46. The molecule has 1 heterocycles. The summed E-state index contributed by atoms with van der Waals surface area (Å²) in [7, 11) is 5.45. The third-order valence-corrected chi connectivity index (χ3v) is 5.99. The predicted molar refractivity (Wildman–Crippen MR) is 130 cm³/mol. The summed E-state index contributed by atoms with van der Waals surface area (Å²) in [5.74, 6) is -0.449. The number of hydrogen-bond acceptors (Lipinski definition) is 6. The zero-order valence-corrected chi connectivity index (χ0v) is 20.9. The molecule has 2 aromatic carbocycles. The molecule has 0 saturated carbocycles. The van der Waals surface area contributed by atoms with Crippen LogP contribution in [0.15, 0.2) is 52.5 Å². The molecule has 1 fully saturated rings. The summed E-state index contributed by atoms with van der Waals surface area (Å²) in [4.78, 5) is 29.7. The number of ketones is 1. The lowest BCUT2D eigenvalue weighted by atomic mass is 9.95. The van der Waals surface area contributed by atoms with Crippen LogP contribution < -0.4 is 9.47 Å². The van der Waals surface area contributed by atoms with Crippen molar-refractivity contribution >= 4 is 33.4 Å². The molecule has 33 heavy (non-hydrogen) atoms. The number of carbonyl (C=O) groups is 2. The minimum absolute atomic E-state index is 0.0680. The van der Waals surface area contributed by atoms with Crippen molar-refractivity contribution in [3.8, 4) is 11.5 Å². The third-order valence-electron chi connectivity index (χ3n) is 5.47. The number of Topliss-reactive ketones (excluding diaryl/α,β-unsaturated/α-hetero) is 1. The van der Waals surface area contributed by atoms with Gasteiger partial charge in [-0.25, -0.2) is 0 Å². The van der Waals surface area contributed by atoms with E-state index in [1.165, 1.54) is 12.0 Å². The monoisotopic (exact) mass is 516 g/mol. The first-order valence-electron chi connectivity index (χ1n) is 10.8. The molecular weight excluding hydrogens is 488 g/mol. The fourth-order valence-electron chi connectivity index (χ4n) is 3.91. The number of benzene rings is 2. The maximum Gasteiger partial charge on any atom is 0.295 e. The van der Waals surface area contributed by atoms with Gasteiger partial charge in [-0.2, -0.15) is 0 Å². The van der Waals surface area contributed by atoms with E-state index in [1.807, 2.05) is 25.9 Å². The number of aliphatic hydroxyl groups is 1. The van der Waals surface area contributed by atoms with Gasteiger partial charge in [-0.3, -0.25) is 9.59 Å². The Morgan fingerprint density at radius 3 is 2.42 bits per heavy atom. The number of nitrogens with zero attached hydrogens (tertiary/aromatic N) is 2. The second-order valence-corrected chi connectivity index (χ2v) is 8.92. The molecule has 0 aromatic heterocycles. The third kappa shape index (κ3) is 5.39. The smallest absolute Gasteiger partial charge is 0.295 e. The van der Waals surface area contributed by atoms with E-state index < -0.39 is 17.7 Å². The van der Waals surface area contributed by atoms with Crippen LogP contribution in [-0.4, -0.2) is 67.5 Å². The largest absolute Gasteiger partial charge is 0.507 e. The van der Waals surface area contributed by atoms with Gasteiger partial charge in [0.05, 0.1) is 25.3 Å². The van der Waals surface area contributed by atoms with Gasteiger partial charge in [-0.1, -0.05) is 34.1 Å². The van der Waals surface area contributed by atoms with Crippen molar-refractivity contribution in [3.63, 3.8) is 0 Å². The molecule has 1 aliphatic heterocycles. The van der Waals surface area contributed by atoms with E-state index in [-0.39, 0.29) is 11.3 Å². The fraction of sp³-hybridized carbons (Fsp3) is 0.360. The zero-order valence-electron chi connectivity index (χ0n) is 19.3. The van der Waals surface area contributed by atoms with Gasteiger partial charge >= 0.3 is 0 Å². The van der Waals surface area contributed by atoms with Gasteiger partial charge in [0.2, 0.25) is 0 Å². The van der Waals surface area contributed by atoms with E-state index in [9.17, 15) is 14.7 Å². The highest BCUT2D eigenvalue weighted by atomic mass is 79.9. The first kappa shape index (κ1) is 24.8. The molecule has 1 aliphatic rings. The Kier molecular flexibility index (Phi) is 8.15. The summed E-state index contributed by atoms with van der Waals surface area (Å²) < 4.78 is 11.9. The SMILES string of the molecule is CCOc1ccc([C@H]2/C(=C(\O)c3ccc(Br)cc3)C(=O)C(=O)N2CCCN(C)C)cc1OC. The molecule has 176 valence electrons. The molecule has 2 aromatic rings. The van der Waals surface area contributed by atoms with Gasteiger partial charge in [-0.05, 0) is 63.8 Å². The lowest BCUT2D eigenvalue weighted by Gasteiger charge is -2.26. The average molecular weight is 517 g/mol. The number of halogens is 1. The van der Waals surface area contributed by atoms with Crippen molar-refractivity contribution in [2.24, 2.45) is 0 Å². The average Bonchev–Trinajstić information content (AvgIpc) is 3.04. The lowest BCUT2D eigenvalue weighted by molar-refractivity contribution is -0.139. The minimum Gasteiger partial charge on any atom is -0.507 e. The van der Waals surface area contributed by atoms with E-state index in [2.05, 4.69) is 15.9 Å². The zero-order chi connectivity index (χ0) is 24.1. The number of methoxy groups -OCH3 is 1. The summed E-state index contributed by atoms with van der Waals surface area (Å²) >= 11 is 3.38. The van der Waals surface area contributed by atoms with Crippen LogP contribution >= 0.6 is 15.9 Å². The van der Waals surface area contributed by atoms with Crippen molar-refractivity contribution in [2.75, 3.05) is 40.9 Å². The first-order chi connectivity index (χ1) is 15.8.